The van der Waals surface area contributed by atoms with Crippen LogP contribution < -0.4 is 14.8 Å². The van der Waals surface area contributed by atoms with E-state index in [0.29, 0.717) is 23.7 Å². The van der Waals surface area contributed by atoms with Crippen LogP contribution in [0.25, 0.3) is 0 Å². The largest absolute Gasteiger partial charge is 0.493 e. The highest BCUT2D eigenvalue weighted by Gasteiger charge is 2.16. The van der Waals surface area contributed by atoms with E-state index in [-0.39, 0.29) is 12.5 Å². The van der Waals surface area contributed by atoms with Crippen LogP contribution >= 0.6 is 0 Å². The van der Waals surface area contributed by atoms with Gasteiger partial charge < -0.3 is 19.9 Å². The van der Waals surface area contributed by atoms with Crippen molar-refractivity contribution in [2.45, 2.75) is 26.4 Å². The van der Waals surface area contributed by atoms with Crippen LogP contribution in [0.15, 0.2) is 18.2 Å². The molecule has 0 saturated heterocycles. The number of hydrogen-bond acceptors (Lipinski definition) is 4. The Morgan fingerprint density at radius 1 is 1.37 bits per heavy atom. The van der Waals surface area contributed by atoms with Gasteiger partial charge in [-0.15, -0.1) is 0 Å². The smallest absolute Gasteiger partial charge is 0.251 e. The van der Waals surface area contributed by atoms with E-state index in [4.69, 9.17) is 9.47 Å². The second-order valence-electron chi connectivity index (χ2n) is 4.79. The molecule has 0 unspecified atom stereocenters. The number of ether oxygens (including phenoxy) is 2. The fraction of sp³-hybridized carbons (Fsp3) is 0.500. The molecule has 5 heteroatoms. The minimum absolute atomic E-state index is 0.182. The van der Waals surface area contributed by atoms with Gasteiger partial charge in [-0.2, -0.15) is 0 Å². The van der Waals surface area contributed by atoms with Crippen molar-refractivity contribution in [2.24, 2.45) is 0 Å². The molecule has 106 valence electrons. The number of amides is 1. The lowest BCUT2D eigenvalue weighted by Gasteiger charge is -2.18. The van der Waals surface area contributed by atoms with Gasteiger partial charge in [-0.25, -0.2) is 0 Å². The average Bonchev–Trinajstić information content (AvgIpc) is 2.36. The summed E-state index contributed by atoms with van der Waals surface area (Å²) in [6.07, 6.45) is 0. The second-order valence-corrected chi connectivity index (χ2v) is 4.79. The van der Waals surface area contributed by atoms with Crippen molar-refractivity contribution in [2.75, 3.05) is 20.3 Å². The lowest BCUT2D eigenvalue weighted by atomic mass is 10.1. The van der Waals surface area contributed by atoms with Crippen LogP contribution in [-0.2, 0) is 0 Å². The predicted molar refractivity (Wildman–Crippen MR) is 72.8 cm³/mol. The highest BCUT2D eigenvalue weighted by atomic mass is 16.5. The Hall–Kier alpha value is -1.75. The van der Waals surface area contributed by atoms with Crippen molar-refractivity contribution in [1.82, 2.24) is 5.32 Å². The van der Waals surface area contributed by atoms with Gasteiger partial charge in [0.1, 0.15) is 0 Å². The van der Waals surface area contributed by atoms with Crippen molar-refractivity contribution in [3.05, 3.63) is 23.8 Å². The van der Waals surface area contributed by atoms with Gasteiger partial charge in [0.2, 0.25) is 0 Å². The molecule has 0 saturated carbocycles. The number of aliphatic hydroxyl groups is 1. The fourth-order valence-electron chi connectivity index (χ4n) is 1.48. The molecule has 0 fully saturated rings. The van der Waals surface area contributed by atoms with Gasteiger partial charge in [0.15, 0.2) is 11.5 Å². The predicted octanol–water partition coefficient (Wildman–Crippen LogP) is 1.59. The van der Waals surface area contributed by atoms with E-state index in [2.05, 4.69) is 5.32 Å². The molecule has 1 aromatic rings. The molecule has 0 aliphatic carbocycles. The van der Waals surface area contributed by atoms with Gasteiger partial charge in [0.25, 0.3) is 5.91 Å². The van der Waals surface area contributed by atoms with Crippen molar-refractivity contribution in [3.8, 4) is 11.5 Å². The van der Waals surface area contributed by atoms with Crippen LogP contribution in [0.4, 0.5) is 0 Å². The monoisotopic (exact) mass is 267 g/mol. The van der Waals surface area contributed by atoms with Gasteiger partial charge in [-0.3, -0.25) is 4.79 Å². The highest BCUT2D eigenvalue weighted by Crippen LogP contribution is 2.27. The number of methoxy groups -OCH3 is 1. The molecule has 19 heavy (non-hydrogen) atoms. The van der Waals surface area contributed by atoms with Crippen LogP contribution in [0.1, 0.15) is 31.1 Å². The summed E-state index contributed by atoms with van der Waals surface area (Å²) in [4.78, 5) is 11.9. The van der Waals surface area contributed by atoms with E-state index in [0.717, 1.165) is 0 Å². The Morgan fingerprint density at radius 3 is 2.58 bits per heavy atom. The molecule has 0 radical (unpaired) electrons. The topological polar surface area (TPSA) is 67.8 Å². The van der Waals surface area contributed by atoms with Crippen LogP contribution in [0.2, 0.25) is 0 Å². The fourth-order valence-corrected chi connectivity index (χ4v) is 1.48. The maximum atomic E-state index is 11.9. The number of carbonyl (C=O) groups is 1. The molecular weight excluding hydrogens is 246 g/mol. The second kappa shape index (κ2) is 6.43. The number of hydrogen-bond donors (Lipinski definition) is 2. The van der Waals surface area contributed by atoms with E-state index in [1.54, 1.807) is 32.0 Å². The van der Waals surface area contributed by atoms with E-state index < -0.39 is 5.60 Å². The number of rotatable bonds is 6. The summed E-state index contributed by atoms with van der Waals surface area (Å²) in [5.74, 6) is 0.852. The summed E-state index contributed by atoms with van der Waals surface area (Å²) in [5.41, 5.74) is -0.477. The zero-order chi connectivity index (χ0) is 14.5. The first kappa shape index (κ1) is 15.3. The van der Waals surface area contributed by atoms with Crippen LogP contribution in [0.3, 0.4) is 0 Å². The molecule has 0 heterocycles. The van der Waals surface area contributed by atoms with E-state index in [9.17, 15) is 9.90 Å². The highest BCUT2D eigenvalue weighted by molar-refractivity contribution is 5.94. The first-order chi connectivity index (χ1) is 8.87. The Labute approximate surface area is 113 Å². The molecule has 0 aliphatic rings. The van der Waals surface area contributed by atoms with Crippen molar-refractivity contribution >= 4 is 5.91 Å². The lowest BCUT2D eigenvalue weighted by Crippen LogP contribution is -2.38. The number of carbonyl (C=O) groups excluding carboxylic acids is 1. The Morgan fingerprint density at radius 2 is 2.05 bits per heavy atom. The SMILES string of the molecule is CCOc1ccc(C(=O)NCC(C)(C)O)cc1OC. The van der Waals surface area contributed by atoms with Crippen molar-refractivity contribution in [3.63, 3.8) is 0 Å². The zero-order valence-corrected chi connectivity index (χ0v) is 11.8. The molecule has 1 rings (SSSR count). The molecule has 0 aromatic heterocycles. The van der Waals surface area contributed by atoms with Crippen molar-refractivity contribution < 1.29 is 19.4 Å². The number of nitrogens with one attached hydrogen (secondary N) is 1. The van der Waals surface area contributed by atoms with Gasteiger partial charge >= 0.3 is 0 Å². The molecule has 1 amide bonds. The third kappa shape index (κ3) is 4.79. The molecular formula is C14H21NO4. The van der Waals surface area contributed by atoms with E-state index >= 15 is 0 Å². The third-order valence-corrected chi connectivity index (χ3v) is 2.41. The lowest BCUT2D eigenvalue weighted by molar-refractivity contribution is 0.0694. The van der Waals surface area contributed by atoms with Gasteiger partial charge in [0, 0.05) is 12.1 Å². The minimum Gasteiger partial charge on any atom is -0.493 e. The normalized spacial score (nSPS) is 11.0. The summed E-state index contributed by atoms with van der Waals surface area (Å²) in [7, 11) is 1.52. The maximum absolute atomic E-state index is 11.9. The van der Waals surface area contributed by atoms with Gasteiger partial charge in [-0.1, -0.05) is 0 Å². The standard InChI is InChI=1S/C14H21NO4/c1-5-19-11-7-6-10(8-12(11)18-4)13(16)15-9-14(2,3)17/h6-8,17H,5,9H2,1-4H3,(H,15,16). The first-order valence-electron chi connectivity index (χ1n) is 6.19. The molecule has 0 aliphatic heterocycles. The molecule has 5 nitrogen and oxygen atoms in total. The molecule has 2 N–H and O–H groups in total. The Kier molecular flexibility index (Phi) is 5.18. The average molecular weight is 267 g/mol. The molecule has 0 bridgehead atoms. The van der Waals surface area contributed by atoms with Crippen LogP contribution in [0, 0.1) is 0 Å². The van der Waals surface area contributed by atoms with Crippen LogP contribution in [0.5, 0.6) is 11.5 Å². The summed E-state index contributed by atoms with van der Waals surface area (Å²) in [6.45, 7) is 5.85. The maximum Gasteiger partial charge on any atom is 0.251 e. The van der Waals surface area contributed by atoms with E-state index in [1.807, 2.05) is 6.92 Å². The van der Waals surface area contributed by atoms with Gasteiger partial charge in [-0.05, 0) is 39.0 Å². The quantitative estimate of drug-likeness (QED) is 0.821. The van der Waals surface area contributed by atoms with Crippen LogP contribution in [-0.4, -0.2) is 36.9 Å². The summed E-state index contributed by atoms with van der Waals surface area (Å²) in [6, 6.07) is 4.97. The Balaban J connectivity index is 2.81. The minimum atomic E-state index is -0.939. The Bertz CT molecular complexity index is 438. The molecule has 1 aromatic carbocycles. The third-order valence-electron chi connectivity index (χ3n) is 2.41. The van der Waals surface area contributed by atoms with Crippen molar-refractivity contribution in [1.29, 1.82) is 0 Å². The van der Waals surface area contributed by atoms with Gasteiger partial charge in [0.05, 0.1) is 19.3 Å². The summed E-state index contributed by atoms with van der Waals surface area (Å²) >= 11 is 0. The molecule has 0 spiro atoms. The molecule has 0 atom stereocenters. The zero-order valence-electron chi connectivity index (χ0n) is 11.8. The number of benzene rings is 1. The van der Waals surface area contributed by atoms with E-state index in [1.165, 1.54) is 7.11 Å². The summed E-state index contributed by atoms with van der Waals surface area (Å²) in [5, 5.41) is 12.2. The first-order valence-corrected chi connectivity index (χ1v) is 6.19. The summed E-state index contributed by atoms with van der Waals surface area (Å²) < 4.78 is 10.6.